The van der Waals surface area contributed by atoms with Gasteiger partial charge in [0.25, 0.3) is 0 Å². The van der Waals surface area contributed by atoms with Gasteiger partial charge < -0.3 is 0 Å². The van der Waals surface area contributed by atoms with Crippen molar-refractivity contribution < 1.29 is 0 Å². The Kier molecular flexibility index (Phi) is 4.94. The van der Waals surface area contributed by atoms with Crippen molar-refractivity contribution in [1.29, 1.82) is 0 Å². The highest BCUT2D eigenvalue weighted by Gasteiger charge is 2.12. The zero-order valence-corrected chi connectivity index (χ0v) is 11.2. The molecule has 0 aliphatic heterocycles. The molecule has 0 heterocycles. The van der Waals surface area contributed by atoms with E-state index in [1.165, 1.54) is 44.6 Å². The first-order valence-electron chi connectivity index (χ1n) is 6.23. The summed E-state index contributed by atoms with van der Waals surface area (Å²) >= 11 is 0. The summed E-state index contributed by atoms with van der Waals surface area (Å²) in [5, 5.41) is 0. The average Bonchev–Trinajstić information content (AvgIpc) is 2.13. The van der Waals surface area contributed by atoms with E-state index in [4.69, 9.17) is 0 Å². The van der Waals surface area contributed by atoms with Gasteiger partial charge in [-0.1, -0.05) is 63.9 Å². The van der Waals surface area contributed by atoms with Crippen LogP contribution in [0.15, 0.2) is 12.2 Å². The van der Waals surface area contributed by atoms with Crippen LogP contribution in [0.3, 0.4) is 0 Å². The monoisotopic (exact) mass is 210 g/mol. The third-order valence-corrected chi connectivity index (χ3v) is 4.55. The molecular formula is C13H26Si. The quantitative estimate of drug-likeness (QED) is 0.459. The molecule has 0 atom stereocenters. The van der Waals surface area contributed by atoms with Crippen molar-refractivity contribution >= 4 is 8.07 Å². The molecule has 0 radical (unpaired) electrons. The highest BCUT2D eigenvalue weighted by Crippen LogP contribution is 2.26. The maximum atomic E-state index is 2.45. The van der Waals surface area contributed by atoms with Gasteiger partial charge in [-0.2, -0.15) is 0 Å². The maximum Gasteiger partial charge on any atom is 0.0480 e. The van der Waals surface area contributed by atoms with E-state index < -0.39 is 8.07 Å². The van der Waals surface area contributed by atoms with Gasteiger partial charge in [-0.25, -0.2) is 0 Å². The molecule has 1 rings (SSSR count). The van der Waals surface area contributed by atoms with Crippen molar-refractivity contribution in [2.24, 2.45) is 5.92 Å². The van der Waals surface area contributed by atoms with Crippen molar-refractivity contribution in [2.75, 3.05) is 0 Å². The molecule has 0 unspecified atom stereocenters. The van der Waals surface area contributed by atoms with Gasteiger partial charge in [0.05, 0.1) is 0 Å². The highest BCUT2D eigenvalue weighted by molar-refractivity contribution is 6.76. The fourth-order valence-corrected chi connectivity index (χ4v) is 3.02. The number of hydrogen-bond donors (Lipinski definition) is 0. The minimum Gasteiger partial charge on any atom is -0.0912 e. The molecule has 0 spiro atoms. The summed E-state index contributed by atoms with van der Waals surface area (Å²) in [5.74, 6) is 1.02. The molecule has 1 aliphatic rings. The van der Waals surface area contributed by atoms with Crippen molar-refractivity contribution in [1.82, 2.24) is 0 Å². The first-order chi connectivity index (χ1) is 6.58. The first-order valence-corrected chi connectivity index (χ1v) is 9.94. The molecule has 0 aromatic carbocycles. The molecule has 14 heavy (non-hydrogen) atoms. The van der Waals surface area contributed by atoms with Crippen LogP contribution in [0.4, 0.5) is 0 Å². The Labute approximate surface area is 90.8 Å². The molecule has 0 amide bonds. The standard InChI is InChI=1S/C13H26Si/c1-14(2,3)12-8-7-11-13-9-5-4-6-10-13/h7-8,13H,4-6,9-12H2,1-3H3/b8-7+. The molecule has 1 saturated carbocycles. The Hall–Kier alpha value is -0.0431. The SMILES string of the molecule is C[Si](C)(C)C/C=C/CC1CCCCC1. The first kappa shape index (κ1) is 12.0. The van der Waals surface area contributed by atoms with Crippen molar-refractivity contribution in [3.05, 3.63) is 12.2 Å². The van der Waals surface area contributed by atoms with Crippen LogP contribution in [0.25, 0.3) is 0 Å². The molecule has 1 fully saturated rings. The van der Waals surface area contributed by atoms with Crippen LogP contribution in [0.1, 0.15) is 38.5 Å². The Morgan fingerprint density at radius 3 is 2.21 bits per heavy atom. The Morgan fingerprint density at radius 1 is 1.00 bits per heavy atom. The molecule has 0 nitrogen and oxygen atoms in total. The van der Waals surface area contributed by atoms with Gasteiger partial charge in [0, 0.05) is 8.07 Å². The Morgan fingerprint density at radius 2 is 1.64 bits per heavy atom. The second-order valence-corrected chi connectivity index (χ2v) is 11.5. The van der Waals surface area contributed by atoms with E-state index in [0.29, 0.717) is 0 Å². The largest absolute Gasteiger partial charge is 0.0912 e. The van der Waals surface area contributed by atoms with E-state index in [2.05, 4.69) is 31.8 Å². The summed E-state index contributed by atoms with van der Waals surface area (Å²) < 4.78 is 0. The zero-order valence-electron chi connectivity index (χ0n) is 10.2. The van der Waals surface area contributed by atoms with E-state index in [0.717, 1.165) is 5.92 Å². The van der Waals surface area contributed by atoms with Crippen LogP contribution in [0.5, 0.6) is 0 Å². The van der Waals surface area contributed by atoms with Crippen molar-refractivity contribution in [3.8, 4) is 0 Å². The molecule has 0 aromatic rings. The summed E-state index contributed by atoms with van der Waals surface area (Å²) in [4.78, 5) is 0. The molecule has 1 aliphatic carbocycles. The van der Waals surface area contributed by atoms with E-state index >= 15 is 0 Å². The lowest BCUT2D eigenvalue weighted by molar-refractivity contribution is 0.361. The van der Waals surface area contributed by atoms with Crippen LogP contribution in [-0.4, -0.2) is 8.07 Å². The number of allylic oxidation sites excluding steroid dienone is 2. The smallest absolute Gasteiger partial charge is 0.0480 e. The Balaban J connectivity index is 2.12. The summed E-state index contributed by atoms with van der Waals surface area (Å²) in [5.41, 5.74) is 0. The molecule has 0 saturated heterocycles. The minimum absolute atomic E-state index is 0.831. The van der Waals surface area contributed by atoms with Crippen molar-refractivity contribution in [3.63, 3.8) is 0 Å². The normalized spacial score (nSPS) is 20.5. The maximum absolute atomic E-state index is 2.45. The number of hydrogen-bond acceptors (Lipinski definition) is 0. The highest BCUT2D eigenvalue weighted by atomic mass is 28.3. The van der Waals surface area contributed by atoms with Crippen LogP contribution >= 0.6 is 0 Å². The predicted molar refractivity (Wildman–Crippen MR) is 68.5 cm³/mol. The summed E-state index contributed by atoms with van der Waals surface area (Å²) in [7, 11) is -0.831. The van der Waals surface area contributed by atoms with Gasteiger partial charge in [-0.3, -0.25) is 0 Å². The van der Waals surface area contributed by atoms with Crippen molar-refractivity contribution in [2.45, 2.75) is 64.2 Å². The molecule has 0 N–H and O–H groups in total. The van der Waals surface area contributed by atoms with Crippen LogP contribution < -0.4 is 0 Å². The topological polar surface area (TPSA) is 0 Å². The second kappa shape index (κ2) is 5.74. The lowest BCUT2D eigenvalue weighted by atomic mass is 9.87. The third-order valence-electron chi connectivity index (χ3n) is 3.09. The van der Waals surface area contributed by atoms with E-state index in [1.807, 2.05) is 0 Å². The van der Waals surface area contributed by atoms with Crippen LogP contribution in [-0.2, 0) is 0 Å². The fourth-order valence-electron chi connectivity index (χ4n) is 2.15. The van der Waals surface area contributed by atoms with Gasteiger partial charge in [-0.15, -0.1) is 0 Å². The lowest BCUT2D eigenvalue weighted by Crippen LogP contribution is -2.17. The second-order valence-electron chi connectivity index (χ2n) is 5.98. The molecule has 0 aromatic heterocycles. The van der Waals surface area contributed by atoms with E-state index in [9.17, 15) is 0 Å². The van der Waals surface area contributed by atoms with Gasteiger partial charge in [-0.05, 0) is 18.4 Å². The van der Waals surface area contributed by atoms with Gasteiger partial charge in [0.1, 0.15) is 0 Å². The zero-order chi connectivity index (χ0) is 10.4. The summed E-state index contributed by atoms with van der Waals surface area (Å²) in [6.07, 6.45) is 13.7. The van der Waals surface area contributed by atoms with Crippen LogP contribution in [0.2, 0.25) is 25.7 Å². The van der Waals surface area contributed by atoms with E-state index in [-0.39, 0.29) is 0 Å². The summed E-state index contributed by atoms with van der Waals surface area (Å²) in [6.45, 7) is 7.33. The fraction of sp³-hybridized carbons (Fsp3) is 0.846. The predicted octanol–water partition coefficient (Wildman–Crippen LogP) is 4.85. The van der Waals surface area contributed by atoms with Gasteiger partial charge in [0.15, 0.2) is 0 Å². The van der Waals surface area contributed by atoms with Gasteiger partial charge in [0.2, 0.25) is 0 Å². The molecule has 1 heteroatoms. The minimum atomic E-state index is -0.831. The van der Waals surface area contributed by atoms with Crippen LogP contribution in [0, 0.1) is 5.92 Å². The third kappa shape index (κ3) is 5.64. The van der Waals surface area contributed by atoms with Gasteiger partial charge >= 0.3 is 0 Å². The summed E-state index contributed by atoms with van der Waals surface area (Å²) in [6, 6.07) is 1.36. The Bertz CT molecular complexity index is 170. The van der Waals surface area contributed by atoms with E-state index in [1.54, 1.807) is 0 Å². The number of rotatable bonds is 4. The average molecular weight is 210 g/mol. The molecular weight excluding hydrogens is 184 g/mol. The molecule has 82 valence electrons. The molecule has 0 bridgehead atoms. The lowest BCUT2D eigenvalue weighted by Gasteiger charge is -2.20.